The van der Waals surface area contributed by atoms with Gasteiger partial charge in [-0.1, -0.05) is 42.5 Å². The third-order valence-corrected chi connectivity index (χ3v) is 4.54. The smallest absolute Gasteiger partial charge is 0.118 e. The fraction of sp³-hybridized carbons (Fsp3) is 0.333. The molecule has 21 heavy (non-hydrogen) atoms. The van der Waals surface area contributed by atoms with Gasteiger partial charge >= 0.3 is 0 Å². The number of hydroxylamine groups is 2. The van der Waals surface area contributed by atoms with E-state index in [0.717, 1.165) is 18.6 Å². The SMILES string of the molecule is COc1ccc([C@H]2C[C@H]3C[C@@H](c4ccccc4)N2O3)cc1. The summed E-state index contributed by atoms with van der Waals surface area (Å²) in [7, 11) is 1.70. The van der Waals surface area contributed by atoms with Crippen LogP contribution in [0, 0.1) is 0 Å². The van der Waals surface area contributed by atoms with Gasteiger partial charge in [0.15, 0.2) is 0 Å². The molecule has 3 nitrogen and oxygen atoms in total. The zero-order valence-corrected chi connectivity index (χ0v) is 12.1. The van der Waals surface area contributed by atoms with Crippen molar-refractivity contribution in [2.24, 2.45) is 0 Å². The van der Waals surface area contributed by atoms with Crippen molar-refractivity contribution in [1.29, 1.82) is 0 Å². The average molecular weight is 281 g/mol. The first-order chi connectivity index (χ1) is 10.3. The summed E-state index contributed by atoms with van der Waals surface area (Å²) in [6, 6.07) is 19.7. The van der Waals surface area contributed by atoms with Crippen molar-refractivity contribution in [3.63, 3.8) is 0 Å². The molecule has 0 radical (unpaired) electrons. The number of benzene rings is 2. The number of ether oxygens (including phenoxy) is 1. The molecule has 0 saturated carbocycles. The normalized spacial score (nSPS) is 30.5. The number of fused-ring (bicyclic) bond motifs is 2. The molecule has 0 aliphatic carbocycles. The highest BCUT2D eigenvalue weighted by atomic mass is 16.7. The Bertz CT molecular complexity index is 611. The number of rotatable bonds is 3. The largest absolute Gasteiger partial charge is 0.497 e. The van der Waals surface area contributed by atoms with Gasteiger partial charge < -0.3 is 4.74 Å². The minimum atomic E-state index is 0.347. The maximum atomic E-state index is 6.06. The summed E-state index contributed by atoms with van der Waals surface area (Å²) < 4.78 is 5.24. The zero-order valence-electron chi connectivity index (χ0n) is 12.1. The first kappa shape index (κ1) is 12.9. The van der Waals surface area contributed by atoms with Crippen molar-refractivity contribution >= 4 is 0 Å². The third-order valence-electron chi connectivity index (χ3n) is 4.54. The van der Waals surface area contributed by atoms with Crippen molar-refractivity contribution in [2.45, 2.75) is 31.0 Å². The van der Waals surface area contributed by atoms with Crippen molar-refractivity contribution in [3.05, 3.63) is 65.7 Å². The van der Waals surface area contributed by atoms with E-state index in [2.05, 4.69) is 47.5 Å². The Morgan fingerprint density at radius 2 is 1.52 bits per heavy atom. The molecule has 2 fully saturated rings. The van der Waals surface area contributed by atoms with Gasteiger partial charge in [-0.2, -0.15) is 5.06 Å². The minimum absolute atomic E-state index is 0.347. The number of nitrogens with zero attached hydrogens (tertiary/aromatic N) is 1. The van der Waals surface area contributed by atoms with Crippen molar-refractivity contribution in [2.75, 3.05) is 7.11 Å². The Morgan fingerprint density at radius 3 is 2.10 bits per heavy atom. The summed E-state index contributed by atoms with van der Waals surface area (Å²) in [6.07, 6.45) is 2.52. The molecule has 3 heteroatoms. The summed E-state index contributed by atoms with van der Waals surface area (Å²) in [5.74, 6) is 0.900. The van der Waals surface area contributed by atoms with Crippen LogP contribution >= 0.6 is 0 Å². The average Bonchev–Trinajstić information content (AvgIpc) is 3.16. The Balaban J connectivity index is 1.60. The molecule has 4 atom stereocenters. The van der Waals surface area contributed by atoms with Crippen LogP contribution < -0.4 is 4.74 Å². The van der Waals surface area contributed by atoms with Gasteiger partial charge in [0.1, 0.15) is 5.75 Å². The lowest BCUT2D eigenvalue weighted by atomic mass is 9.90. The van der Waals surface area contributed by atoms with Gasteiger partial charge in [-0.15, -0.1) is 0 Å². The first-order valence-corrected chi connectivity index (χ1v) is 7.49. The fourth-order valence-electron chi connectivity index (χ4n) is 3.49. The maximum Gasteiger partial charge on any atom is 0.118 e. The van der Waals surface area contributed by atoms with Gasteiger partial charge in [0.05, 0.1) is 25.3 Å². The molecule has 4 rings (SSSR count). The summed E-state index contributed by atoms with van der Waals surface area (Å²) in [5, 5.41) is 2.20. The highest BCUT2D eigenvalue weighted by Crippen LogP contribution is 2.49. The van der Waals surface area contributed by atoms with Gasteiger partial charge in [0.25, 0.3) is 0 Å². The van der Waals surface area contributed by atoms with E-state index >= 15 is 0 Å². The Labute approximate surface area is 125 Å². The maximum absolute atomic E-state index is 6.06. The van der Waals surface area contributed by atoms with Crippen LogP contribution in [0.2, 0.25) is 0 Å². The molecule has 2 aliphatic heterocycles. The Morgan fingerprint density at radius 1 is 0.905 bits per heavy atom. The molecule has 2 aliphatic rings. The minimum Gasteiger partial charge on any atom is -0.497 e. The second-order valence-electron chi connectivity index (χ2n) is 5.77. The van der Waals surface area contributed by atoms with Gasteiger partial charge in [0, 0.05) is 0 Å². The first-order valence-electron chi connectivity index (χ1n) is 7.49. The van der Waals surface area contributed by atoms with E-state index in [1.54, 1.807) is 7.11 Å². The van der Waals surface area contributed by atoms with Gasteiger partial charge in [0.2, 0.25) is 0 Å². The lowest BCUT2D eigenvalue weighted by molar-refractivity contribution is -0.136. The molecule has 0 N–H and O–H groups in total. The number of hydrogen-bond acceptors (Lipinski definition) is 3. The van der Waals surface area contributed by atoms with Crippen molar-refractivity contribution in [1.82, 2.24) is 5.06 Å². The van der Waals surface area contributed by atoms with Crippen molar-refractivity contribution in [3.8, 4) is 5.75 Å². The van der Waals surface area contributed by atoms with E-state index < -0.39 is 0 Å². The molecule has 1 unspecified atom stereocenters. The van der Waals surface area contributed by atoms with Crippen LogP contribution in [0.5, 0.6) is 5.75 Å². The summed E-state index contributed by atoms with van der Waals surface area (Å²) in [5.41, 5.74) is 2.65. The van der Waals surface area contributed by atoms with Gasteiger partial charge in [-0.25, -0.2) is 0 Å². The monoisotopic (exact) mass is 281 g/mol. The second-order valence-corrected chi connectivity index (χ2v) is 5.77. The highest BCUT2D eigenvalue weighted by molar-refractivity contribution is 5.31. The molecule has 2 heterocycles. The topological polar surface area (TPSA) is 21.7 Å². The quantitative estimate of drug-likeness (QED) is 0.852. The van der Waals surface area contributed by atoms with E-state index in [4.69, 9.17) is 9.57 Å². The van der Waals surface area contributed by atoms with Gasteiger partial charge in [-0.3, -0.25) is 4.84 Å². The van der Waals surface area contributed by atoms with Crippen LogP contribution in [0.3, 0.4) is 0 Å². The standard InChI is InChI=1S/C18H19NO2/c1-20-15-9-7-14(8-10-15)18-12-16-11-17(19(18)21-16)13-5-3-2-4-6-13/h2-10,16-18H,11-12H2,1H3/t16-,17+,18-/m1/s1. The lowest BCUT2D eigenvalue weighted by Crippen LogP contribution is -2.26. The fourth-order valence-corrected chi connectivity index (χ4v) is 3.49. The summed E-state index contributed by atoms with van der Waals surface area (Å²) in [6.45, 7) is 0. The van der Waals surface area contributed by atoms with Crippen molar-refractivity contribution < 1.29 is 9.57 Å². The van der Waals surface area contributed by atoms with Gasteiger partial charge in [-0.05, 0) is 36.1 Å². The number of piperidine rings is 1. The summed E-state index contributed by atoms with van der Waals surface area (Å²) in [4.78, 5) is 6.06. The molecule has 2 saturated heterocycles. The van der Waals surface area contributed by atoms with Crippen LogP contribution in [0.25, 0.3) is 0 Å². The Kier molecular flexibility index (Phi) is 3.17. The second kappa shape index (κ2) is 5.17. The Hall–Kier alpha value is -1.84. The van der Waals surface area contributed by atoms with E-state index in [1.807, 2.05) is 12.1 Å². The highest BCUT2D eigenvalue weighted by Gasteiger charge is 2.46. The third kappa shape index (κ3) is 2.23. The number of methoxy groups -OCH3 is 1. The van der Waals surface area contributed by atoms with E-state index in [0.29, 0.717) is 18.2 Å². The molecule has 2 bridgehead atoms. The molecule has 0 aromatic heterocycles. The predicted molar refractivity (Wildman–Crippen MR) is 80.9 cm³/mol. The predicted octanol–water partition coefficient (Wildman–Crippen LogP) is 3.89. The number of hydrogen-bond donors (Lipinski definition) is 0. The lowest BCUT2D eigenvalue weighted by Gasteiger charge is -2.29. The molecule has 0 spiro atoms. The zero-order chi connectivity index (χ0) is 14.2. The molecule has 108 valence electrons. The van der Waals surface area contributed by atoms with Crippen LogP contribution in [0.1, 0.15) is 36.1 Å². The van der Waals surface area contributed by atoms with E-state index in [-0.39, 0.29) is 0 Å². The van der Waals surface area contributed by atoms with Crippen LogP contribution in [0.15, 0.2) is 54.6 Å². The van der Waals surface area contributed by atoms with E-state index in [1.165, 1.54) is 11.1 Å². The molecule has 2 aromatic rings. The summed E-state index contributed by atoms with van der Waals surface area (Å²) >= 11 is 0. The van der Waals surface area contributed by atoms with E-state index in [9.17, 15) is 0 Å². The van der Waals surface area contributed by atoms with Crippen LogP contribution in [-0.4, -0.2) is 18.3 Å². The van der Waals surface area contributed by atoms with Crippen LogP contribution in [0.4, 0.5) is 0 Å². The molecule has 0 amide bonds. The van der Waals surface area contributed by atoms with Crippen LogP contribution in [-0.2, 0) is 4.84 Å². The molecular weight excluding hydrogens is 262 g/mol. The molecular formula is C18H19NO2. The molecule has 2 aromatic carbocycles.